The van der Waals surface area contributed by atoms with E-state index in [4.69, 9.17) is 9.36 Å². The lowest BCUT2D eigenvalue weighted by molar-refractivity contribution is -0.275. The summed E-state index contributed by atoms with van der Waals surface area (Å²) in [6.45, 7) is 7.21. The number of aliphatic hydroxyl groups is 1. The maximum atomic E-state index is 14.3. The number of aromatic nitrogens is 1. The highest BCUT2D eigenvalue weighted by molar-refractivity contribution is 5.96. The van der Waals surface area contributed by atoms with Gasteiger partial charge >= 0.3 is 6.18 Å². The van der Waals surface area contributed by atoms with Crippen molar-refractivity contribution in [2.24, 2.45) is 11.1 Å². The van der Waals surface area contributed by atoms with Gasteiger partial charge in [-0.3, -0.25) is 4.79 Å². The zero-order chi connectivity index (χ0) is 24.8. The zero-order valence-electron chi connectivity index (χ0n) is 19.5. The standard InChI is InChI=1S/C24H28F3N3O4/c1-13(2)21(20-9-15(4)28-33-20)22(32)30-12-17(31)10-19(30)18-11-23(34-29-18,24(25,26)27)16-7-5-14(3)6-8-16/h5-9,13,17,19,21,31H,10-12H2,1-4H3/t17-,19+,21-,23-/m1/s1. The van der Waals surface area contributed by atoms with E-state index in [2.05, 4.69) is 10.3 Å². The van der Waals surface area contributed by atoms with E-state index in [9.17, 15) is 23.1 Å². The van der Waals surface area contributed by atoms with Gasteiger partial charge in [0.2, 0.25) is 5.91 Å². The molecule has 1 aromatic carbocycles. The van der Waals surface area contributed by atoms with E-state index in [1.54, 1.807) is 32.0 Å². The Morgan fingerprint density at radius 3 is 2.47 bits per heavy atom. The van der Waals surface area contributed by atoms with Crippen LogP contribution in [-0.4, -0.2) is 51.6 Å². The minimum absolute atomic E-state index is 0.0115. The molecule has 184 valence electrons. The average molecular weight is 479 g/mol. The number of rotatable bonds is 5. The highest BCUT2D eigenvalue weighted by atomic mass is 19.4. The second-order valence-corrected chi connectivity index (χ2v) is 9.53. The Bertz CT molecular complexity index is 1080. The predicted molar refractivity (Wildman–Crippen MR) is 117 cm³/mol. The maximum absolute atomic E-state index is 14.3. The second-order valence-electron chi connectivity index (χ2n) is 9.53. The Labute approximate surface area is 195 Å². The SMILES string of the molecule is Cc1ccc([C@@]2(C(F)(F)F)CC([C@@H]3C[C@@H](O)CN3C(=O)[C@@H](c3cc(C)no3)C(C)C)=NO2)cc1. The van der Waals surface area contributed by atoms with Gasteiger partial charge in [-0.05, 0) is 19.8 Å². The molecule has 4 atom stereocenters. The van der Waals surface area contributed by atoms with Gasteiger partial charge in [-0.2, -0.15) is 13.2 Å². The van der Waals surface area contributed by atoms with Gasteiger partial charge in [0.25, 0.3) is 5.60 Å². The van der Waals surface area contributed by atoms with Crippen molar-refractivity contribution in [3.8, 4) is 0 Å². The van der Waals surface area contributed by atoms with Crippen molar-refractivity contribution >= 4 is 11.6 Å². The second kappa shape index (κ2) is 8.72. The van der Waals surface area contributed by atoms with E-state index < -0.39 is 36.3 Å². The van der Waals surface area contributed by atoms with Gasteiger partial charge in [0.15, 0.2) is 0 Å². The van der Waals surface area contributed by atoms with Crippen LogP contribution in [0.2, 0.25) is 0 Å². The third-order valence-corrected chi connectivity index (χ3v) is 6.56. The van der Waals surface area contributed by atoms with E-state index in [0.717, 1.165) is 5.56 Å². The third kappa shape index (κ3) is 4.19. The van der Waals surface area contributed by atoms with E-state index in [1.807, 2.05) is 13.8 Å². The summed E-state index contributed by atoms with van der Waals surface area (Å²) in [5, 5.41) is 18.1. The Morgan fingerprint density at radius 2 is 1.91 bits per heavy atom. The van der Waals surface area contributed by atoms with E-state index in [1.165, 1.54) is 17.0 Å². The molecule has 1 saturated heterocycles. The van der Waals surface area contributed by atoms with E-state index in [0.29, 0.717) is 11.5 Å². The number of nitrogens with zero attached hydrogens (tertiary/aromatic N) is 3. The first kappa shape index (κ1) is 24.3. The molecule has 2 aliphatic rings. The first-order valence-electron chi connectivity index (χ1n) is 11.2. The van der Waals surface area contributed by atoms with E-state index >= 15 is 0 Å². The van der Waals surface area contributed by atoms with Gasteiger partial charge in [-0.1, -0.05) is 54.0 Å². The number of hydrogen-bond donors (Lipinski definition) is 1. The van der Waals surface area contributed by atoms with Crippen LogP contribution in [0.4, 0.5) is 13.2 Å². The Balaban J connectivity index is 1.64. The molecule has 1 aromatic heterocycles. The quantitative estimate of drug-likeness (QED) is 0.694. The first-order chi connectivity index (χ1) is 15.9. The van der Waals surface area contributed by atoms with E-state index in [-0.39, 0.29) is 36.1 Å². The average Bonchev–Trinajstić information content (AvgIpc) is 3.46. The van der Waals surface area contributed by atoms with Crippen LogP contribution in [-0.2, 0) is 15.2 Å². The lowest BCUT2D eigenvalue weighted by Gasteiger charge is -2.31. The molecule has 0 unspecified atom stereocenters. The van der Waals surface area contributed by atoms with Crippen molar-refractivity contribution in [2.75, 3.05) is 6.54 Å². The Morgan fingerprint density at radius 1 is 1.24 bits per heavy atom. The van der Waals surface area contributed by atoms with Crippen molar-refractivity contribution in [1.82, 2.24) is 10.1 Å². The van der Waals surface area contributed by atoms with Crippen LogP contribution < -0.4 is 0 Å². The molecule has 10 heteroatoms. The Hall–Kier alpha value is -2.88. The highest BCUT2D eigenvalue weighted by Crippen LogP contribution is 2.49. The van der Waals surface area contributed by atoms with Crippen molar-refractivity contribution < 1.29 is 32.4 Å². The number of aryl methyl sites for hydroxylation is 2. The number of likely N-dealkylation sites (tertiary alicyclic amines) is 1. The summed E-state index contributed by atoms with van der Waals surface area (Å²) in [6.07, 6.45) is -6.11. The molecule has 0 bridgehead atoms. The largest absolute Gasteiger partial charge is 0.435 e. The van der Waals surface area contributed by atoms with Crippen molar-refractivity contribution in [1.29, 1.82) is 0 Å². The fourth-order valence-electron chi connectivity index (χ4n) is 4.75. The monoisotopic (exact) mass is 479 g/mol. The summed E-state index contributed by atoms with van der Waals surface area (Å²) in [5.41, 5.74) is -1.18. The van der Waals surface area contributed by atoms with Gasteiger partial charge in [0.1, 0.15) is 11.7 Å². The molecular weight excluding hydrogens is 451 g/mol. The molecule has 1 amide bonds. The molecule has 34 heavy (non-hydrogen) atoms. The number of amides is 1. The summed E-state index contributed by atoms with van der Waals surface area (Å²) in [5.74, 6) is -0.829. The topological polar surface area (TPSA) is 88.2 Å². The molecule has 3 heterocycles. The molecular formula is C24H28F3N3O4. The minimum atomic E-state index is -4.74. The van der Waals surface area contributed by atoms with Gasteiger partial charge in [-0.15, -0.1) is 0 Å². The van der Waals surface area contributed by atoms with Crippen LogP contribution in [0.3, 0.4) is 0 Å². The van der Waals surface area contributed by atoms with Crippen LogP contribution in [0.5, 0.6) is 0 Å². The number of benzene rings is 1. The van der Waals surface area contributed by atoms with Crippen molar-refractivity contribution in [3.05, 3.63) is 52.9 Å². The number of alkyl halides is 3. The molecule has 1 fully saturated rings. The molecule has 4 rings (SSSR count). The van der Waals surface area contributed by atoms with Crippen molar-refractivity contribution in [2.45, 2.75) is 70.4 Å². The predicted octanol–water partition coefficient (Wildman–Crippen LogP) is 4.23. The summed E-state index contributed by atoms with van der Waals surface area (Å²) >= 11 is 0. The lowest BCUT2D eigenvalue weighted by atomic mass is 9.85. The number of β-amino-alcohol motifs (C(OH)–C–C–N with tert-alkyl or cyclic N) is 1. The molecule has 0 aliphatic carbocycles. The minimum Gasteiger partial charge on any atom is -0.391 e. The number of carbonyl (C=O) groups excluding carboxylic acids is 1. The number of carbonyl (C=O) groups is 1. The molecule has 1 N–H and O–H groups in total. The zero-order valence-corrected chi connectivity index (χ0v) is 19.5. The van der Waals surface area contributed by atoms with Crippen LogP contribution in [0.25, 0.3) is 0 Å². The summed E-state index contributed by atoms with van der Waals surface area (Å²) < 4.78 is 48.3. The maximum Gasteiger partial charge on any atom is 0.435 e. The fourth-order valence-corrected chi connectivity index (χ4v) is 4.75. The first-order valence-corrected chi connectivity index (χ1v) is 11.2. The van der Waals surface area contributed by atoms with Gasteiger partial charge < -0.3 is 19.4 Å². The Kier molecular flexibility index (Phi) is 6.22. The molecule has 2 aromatic rings. The van der Waals surface area contributed by atoms with Crippen molar-refractivity contribution in [3.63, 3.8) is 0 Å². The van der Waals surface area contributed by atoms with Crippen LogP contribution >= 0.6 is 0 Å². The smallest absolute Gasteiger partial charge is 0.391 e. The summed E-state index contributed by atoms with van der Waals surface area (Å²) in [7, 11) is 0. The van der Waals surface area contributed by atoms with Gasteiger partial charge in [0.05, 0.1) is 23.6 Å². The van der Waals surface area contributed by atoms with Gasteiger partial charge in [-0.25, -0.2) is 0 Å². The molecule has 0 radical (unpaired) electrons. The third-order valence-electron chi connectivity index (χ3n) is 6.56. The normalized spacial score (nSPS) is 26.0. The molecule has 2 aliphatic heterocycles. The molecule has 7 nitrogen and oxygen atoms in total. The summed E-state index contributed by atoms with van der Waals surface area (Å²) in [6, 6.07) is 6.80. The lowest BCUT2D eigenvalue weighted by Crippen LogP contribution is -2.47. The molecule has 0 spiro atoms. The molecule has 0 saturated carbocycles. The number of aliphatic hydroxyl groups excluding tert-OH is 1. The van der Waals surface area contributed by atoms with Crippen LogP contribution in [0, 0.1) is 19.8 Å². The fraction of sp³-hybridized carbons (Fsp3) is 0.542. The number of hydrogen-bond acceptors (Lipinski definition) is 6. The number of oxime groups is 1. The highest BCUT2D eigenvalue weighted by Gasteiger charge is 2.63. The van der Waals surface area contributed by atoms with Crippen LogP contribution in [0.1, 0.15) is 55.2 Å². The number of halogens is 3. The van der Waals surface area contributed by atoms with Crippen LogP contribution in [0.15, 0.2) is 40.0 Å². The van der Waals surface area contributed by atoms with Gasteiger partial charge in [0, 0.05) is 31.0 Å². The summed E-state index contributed by atoms with van der Waals surface area (Å²) in [4.78, 5) is 20.1.